The van der Waals surface area contributed by atoms with E-state index in [1.54, 1.807) is 0 Å². The van der Waals surface area contributed by atoms with E-state index in [1.807, 2.05) is 0 Å². The van der Waals surface area contributed by atoms with E-state index in [2.05, 4.69) is 58.4 Å². The standard InChI is InChI=1S/C18H16N2/c1-2-6-13-12(5-1)11-20-10-9-15-14-7-3-4-8-16(14)19-17(15)18(13)20/h1-8,18-19H,9-11H2/t18-/m1/s1. The number of rotatable bonds is 0. The molecule has 0 radical (unpaired) electrons. The summed E-state index contributed by atoms with van der Waals surface area (Å²) in [6, 6.07) is 18.0. The zero-order valence-electron chi connectivity index (χ0n) is 11.3. The summed E-state index contributed by atoms with van der Waals surface area (Å²) >= 11 is 0. The smallest absolute Gasteiger partial charge is 0.0763 e. The molecule has 1 N–H and O–H groups in total. The van der Waals surface area contributed by atoms with Crippen molar-refractivity contribution in [3.63, 3.8) is 0 Å². The Hall–Kier alpha value is -2.06. The van der Waals surface area contributed by atoms with Crippen molar-refractivity contribution >= 4 is 10.9 Å². The molecule has 3 aromatic rings. The molecule has 3 heterocycles. The van der Waals surface area contributed by atoms with Crippen LogP contribution in [0.2, 0.25) is 0 Å². The summed E-state index contributed by atoms with van der Waals surface area (Å²) in [7, 11) is 0. The monoisotopic (exact) mass is 260 g/mol. The molecule has 98 valence electrons. The fourth-order valence-corrected chi connectivity index (χ4v) is 3.98. The van der Waals surface area contributed by atoms with E-state index in [9.17, 15) is 0 Å². The van der Waals surface area contributed by atoms with Crippen LogP contribution in [0.3, 0.4) is 0 Å². The first-order chi connectivity index (χ1) is 9.92. The van der Waals surface area contributed by atoms with E-state index in [0.29, 0.717) is 6.04 Å². The van der Waals surface area contributed by atoms with Gasteiger partial charge in [-0.05, 0) is 29.2 Å². The van der Waals surface area contributed by atoms with Crippen LogP contribution in [0.4, 0.5) is 0 Å². The van der Waals surface area contributed by atoms with Gasteiger partial charge in [-0.2, -0.15) is 0 Å². The van der Waals surface area contributed by atoms with Crippen molar-refractivity contribution in [2.75, 3.05) is 6.54 Å². The minimum atomic E-state index is 0.433. The molecular formula is C18H16N2. The van der Waals surface area contributed by atoms with Gasteiger partial charge >= 0.3 is 0 Å². The molecule has 1 atom stereocenters. The van der Waals surface area contributed by atoms with Crippen molar-refractivity contribution in [2.45, 2.75) is 19.0 Å². The molecule has 0 saturated heterocycles. The summed E-state index contributed by atoms with van der Waals surface area (Å²) in [4.78, 5) is 6.29. The molecule has 0 bridgehead atoms. The molecule has 2 nitrogen and oxygen atoms in total. The third-order valence-corrected chi connectivity index (χ3v) is 4.86. The van der Waals surface area contributed by atoms with Gasteiger partial charge in [-0.1, -0.05) is 42.5 Å². The summed E-state index contributed by atoms with van der Waals surface area (Å²) in [5.74, 6) is 0. The van der Waals surface area contributed by atoms with Crippen LogP contribution in [0, 0.1) is 0 Å². The Morgan fingerprint density at radius 1 is 1.00 bits per heavy atom. The molecule has 0 aliphatic carbocycles. The SMILES string of the molecule is c1ccc2c(c1)CN1CCc3c([nH]c4ccccc34)[C@@H]21. The number of hydrogen-bond donors (Lipinski definition) is 1. The number of aromatic nitrogens is 1. The highest BCUT2D eigenvalue weighted by Gasteiger charge is 2.36. The maximum Gasteiger partial charge on any atom is 0.0763 e. The van der Waals surface area contributed by atoms with Gasteiger partial charge in [-0.3, -0.25) is 4.90 Å². The topological polar surface area (TPSA) is 19.0 Å². The molecule has 0 amide bonds. The van der Waals surface area contributed by atoms with Crippen molar-refractivity contribution in [2.24, 2.45) is 0 Å². The zero-order chi connectivity index (χ0) is 13.1. The first kappa shape index (κ1) is 10.7. The summed E-state index contributed by atoms with van der Waals surface area (Å²) in [6.07, 6.45) is 1.16. The maximum absolute atomic E-state index is 3.69. The van der Waals surface area contributed by atoms with Gasteiger partial charge in [-0.25, -0.2) is 0 Å². The Morgan fingerprint density at radius 2 is 1.85 bits per heavy atom. The summed E-state index contributed by atoms with van der Waals surface area (Å²) in [6.45, 7) is 2.25. The zero-order valence-corrected chi connectivity index (χ0v) is 11.3. The van der Waals surface area contributed by atoms with Gasteiger partial charge in [0.2, 0.25) is 0 Å². The second kappa shape index (κ2) is 3.74. The predicted octanol–water partition coefficient (Wildman–Crippen LogP) is 3.63. The van der Waals surface area contributed by atoms with Crippen LogP contribution < -0.4 is 0 Å². The van der Waals surface area contributed by atoms with Crippen molar-refractivity contribution < 1.29 is 0 Å². The second-order valence-corrected chi connectivity index (χ2v) is 5.88. The minimum Gasteiger partial charge on any atom is -0.357 e. The molecule has 0 saturated carbocycles. The van der Waals surface area contributed by atoms with E-state index < -0.39 is 0 Å². The first-order valence-corrected chi connectivity index (χ1v) is 7.33. The number of H-pyrrole nitrogens is 1. The Labute approximate surface area is 118 Å². The van der Waals surface area contributed by atoms with Gasteiger partial charge in [0.25, 0.3) is 0 Å². The van der Waals surface area contributed by atoms with Gasteiger partial charge in [0.1, 0.15) is 0 Å². The van der Waals surface area contributed by atoms with E-state index in [0.717, 1.165) is 19.5 Å². The van der Waals surface area contributed by atoms with Gasteiger partial charge in [-0.15, -0.1) is 0 Å². The number of nitrogens with zero attached hydrogens (tertiary/aromatic N) is 1. The third kappa shape index (κ3) is 1.27. The van der Waals surface area contributed by atoms with Crippen LogP contribution >= 0.6 is 0 Å². The predicted molar refractivity (Wildman–Crippen MR) is 80.7 cm³/mol. The molecule has 0 unspecified atom stereocenters. The molecule has 2 aliphatic rings. The van der Waals surface area contributed by atoms with Crippen LogP contribution in [0.1, 0.15) is 28.4 Å². The van der Waals surface area contributed by atoms with Gasteiger partial charge in [0.05, 0.1) is 6.04 Å². The molecule has 2 heteroatoms. The van der Waals surface area contributed by atoms with E-state index in [-0.39, 0.29) is 0 Å². The largest absolute Gasteiger partial charge is 0.357 e. The van der Waals surface area contributed by atoms with Gasteiger partial charge < -0.3 is 4.98 Å². The lowest BCUT2D eigenvalue weighted by Crippen LogP contribution is -2.30. The average molecular weight is 260 g/mol. The summed E-state index contributed by atoms with van der Waals surface area (Å²) in [5.41, 5.74) is 7.20. The fraction of sp³-hybridized carbons (Fsp3) is 0.222. The molecule has 0 fully saturated rings. The number of benzene rings is 2. The number of para-hydroxylation sites is 1. The van der Waals surface area contributed by atoms with Gasteiger partial charge in [0.15, 0.2) is 0 Å². The Balaban J connectivity index is 1.79. The fourth-order valence-electron chi connectivity index (χ4n) is 3.98. The normalized spacial score (nSPS) is 20.7. The maximum atomic E-state index is 3.69. The number of fused-ring (bicyclic) bond motifs is 7. The van der Waals surface area contributed by atoms with E-state index in [4.69, 9.17) is 0 Å². The molecule has 1 aromatic heterocycles. The molecule has 5 rings (SSSR count). The lowest BCUT2D eigenvalue weighted by molar-refractivity contribution is 0.229. The molecule has 0 spiro atoms. The van der Waals surface area contributed by atoms with Crippen LogP contribution in [0.15, 0.2) is 48.5 Å². The molecule has 2 aliphatic heterocycles. The van der Waals surface area contributed by atoms with Gasteiger partial charge in [0, 0.05) is 29.7 Å². The highest BCUT2D eigenvalue weighted by Crippen LogP contribution is 2.43. The van der Waals surface area contributed by atoms with Crippen molar-refractivity contribution in [1.29, 1.82) is 0 Å². The summed E-state index contributed by atoms with van der Waals surface area (Å²) < 4.78 is 0. The quantitative estimate of drug-likeness (QED) is 0.654. The molecule has 20 heavy (non-hydrogen) atoms. The minimum absolute atomic E-state index is 0.433. The molecule has 2 aromatic carbocycles. The van der Waals surface area contributed by atoms with E-state index in [1.165, 1.54) is 33.3 Å². The number of nitrogens with one attached hydrogen (secondary N) is 1. The summed E-state index contributed by atoms with van der Waals surface area (Å²) in [5, 5.41) is 1.41. The highest BCUT2D eigenvalue weighted by molar-refractivity contribution is 5.85. The first-order valence-electron chi connectivity index (χ1n) is 7.33. The van der Waals surface area contributed by atoms with Crippen LogP contribution in [-0.4, -0.2) is 16.4 Å². The van der Waals surface area contributed by atoms with Crippen LogP contribution in [0.5, 0.6) is 0 Å². The molecular weight excluding hydrogens is 244 g/mol. The second-order valence-electron chi connectivity index (χ2n) is 5.88. The van der Waals surface area contributed by atoms with Crippen molar-refractivity contribution in [3.8, 4) is 0 Å². The highest BCUT2D eigenvalue weighted by atomic mass is 15.2. The Kier molecular flexibility index (Phi) is 2.00. The van der Waals surface area contributed by atoms with Crippen LogP contribution in [-0.2, 0) is 13.0 Å². The number of hydrogen-bond acceptors (Lipinski definition) is 1. The Bertz CT molecular complexity index is 815. The average Bonchev–Trinajstić information content (AvgIpc) is 3.04. The third-order valence-electron chi connectivity index (χ3n) is 4.86. The number of aromatic amines is 1. The van der Waals surface area contributed by atoms with Crippen molar-refractivity contribution in [1.82, 2.24) is 9.88 Å². The lowest BCUT2D eigenvalue weighted by Gasteiger charge is -2.30. The Morgan fingerprint density at radius 3 is 2.85 bits per heavy atom. The van der Waals surface area contributed by atoms with Crippen molar-refractivity contribution in [3.05, 3.63) is 70.9 Å². The van der Waals surface area contributed by atoms with E-state index >= 15 is 0 Å². The lowest BCUT2D eigenvalue weighted by atomic mass is 9.94. The van der Waals surface area contributed by atoms with Crippen LogP contribution in [0.25, 0.3) is 10.9 Å².